The van der Waals surface area contributed by atoms with Crippen LogP contribution in [0.5, 0.6) is 5.75 Å². The highest BCUT2D eigenvalue weighted by atomic mass is 35.5. The average molecular weight is 710 g/mol. The lowest BCUT2D eigenvalue weighted by Gasteiger charge is -2.24. The molecule has 0 atom stereocenters. The van der Waals surface area contributed by atoms with Crippen LogP contribution in [-0.4, -0.2) is 35.2 Å². The molecule has 236 valence electrons. The Balaban J connectivity index is 1.62. The molecule has 0 unspecified atom stereocenters. The van der Waals surface area contributed by atoms with E-state index in [0.717, 1.165) is 17.2 Å². The van der Waals surface area contributed by atoms with Crippen LogP contribution in [0, 0.1) is 5.82 Å². The molecule has 0 saturated carbocycles. The predicted molar refractivity (Wildman–Crippen MR) is 178 cm³/mol. The van der Waals surface area contributed by atoms with Gasteiger partial charge in [-0.15, -0.1) is 0 Å². The first kappa shape index (κ1) is 34.8. The topological polar surface area (TPSA) is 77.9 Å². The number of amides is 1. The van der Waals surface area contributed by atoms with Gasteiger partial charge >= 0.3 is 0 Å². The van der Waals surface area contributed by atoms with Gasteiger partial charge in [0.1, 0.15) is 10.7 Å². The number of phenols is 1. The maximum Gasteiger partial charge on any atom is 0.254 e. The normalized spacial score (nSPS) is 11.5. The Morgan fingerprint density at radius 3 is 1.91 bits per heavy atom. The fourth-order valence-corrected chi connectivity index (χ4v) is 7.16. The highest BCUT2D eigenvalue weighted by Crippen LogP contribution is 2.36. The Morgan fingerprint density at radius 2 is 1.31 bits per heavy atom. The van der Waals surface area contributed by atoms with E-state index in [-0.39, 0.29) is 47.9 Å². The number of allylic oxidation sites excluding steroid dienone is 1. The zero-order valence-corrected chi connectivity index (χ0v) is 28.1. The van der Waals surface area contributed by atoms with Gasteiger partial charge in [0, 0.05) is 46.8 Å². The summed E-state index contributed by atoms with van der Waals surface area (Å²) < 4.78 is 42.1. The molecule has 0 heterocycles. The van der Waals surface area contributed by atoms with Crippen LogP contribution in [0.2, 0.25) is 20.1 Å². The molecule has 0 aliphatic heterocycles. The molecule has 0 saturated heterocycles. The molecule has 4 rings (SSSR count). The number of carbonyl (C=O) groups is 1. The number of hydrogen-bond donors (Lipinski definition) is 1. The summed E-state index contributed by atoms with van der Waals surface area (Å²) in [6, 6.07) is 19.9. The van der Waals surface area contributed by atoms with E-state index in [9.17, 15) is 22.7 Å². The van der Waals surface area contributed by atoms with Crippen LogP contribution < -0.4 is 0 Å². The minimum Gasteiger partial charge on any atom is -0.505 e. The molecular weight excluding hydrogens is 681 g/mol. The fourth-order valence-electron chi connectivity index (χ4n) is 4.48. The Morgan fingerprint density at radius 1 is 0.778 bits per heavy atom. The number of sulfonamides is 1. The van der Waals surface area contributed by atoms with Crippen molar-refractivity contribution in [2.24, 2.45) is 0 Å². The summed E-state index contributed by atoms with van der Waals surface area (Å²) in [4.78, 5) is 14.9. The number of rotatable bonds is 11. The van der Waals surface area contributed by atoms with Crippen molar-refractivity contribution >= 4 is 62.3 Å². The summed E-state index contributed by atoms with van der Waals surface area (Å²) in [5.74, 6) is -1.29. The minimum absolute atomic E-state index is 0.0164. The standard InChI is InChI=1S/C33H29Cl4FN2O4S/c1-21(2)11-12-40(45(43,44)31-17-28(36)16-30(37)32(31)41)20-23-3-7-25(8-4-23)33(42)39(18-22-5-9-29(38)10-6-22)19-24-13-26(34)15-27(35)14-24/h3-11,13-17,41H,12,18-20H2,1-2H3. The van der Waals surface area contributed by atoms with Crippen molar-refractivity contribution < 1.29 is 22.7 Å². The average Bonchev–Trinajstić information content (AvgIpc) is 2.97. The molecule has 0 aromatic heterocycles. The fraction of sp³-hybridized carbons (Fsp3) is 0.182. The first-order chi connectivity index (χ1) is 21.2. The minimum atomic E-state index is -4.24. The number of aromatic hydroxyl groups is 1. The first-order valence-electron chi connectivity index (χ1n) is 13.6. The highest BCUT2D eigenvalue weighted by molar-refractivity contribution is 7.89. The highest BCUT2D eigenvalue weighted by Gasteiger charge is 2.29. The molecule has 4 aromatic rings. The Hall–Kier alpha value is -3.11. The number of halogens is 5. The molecule has 1 N–H and O–H groups in total. The number of hydrogen-bond acceptors (Lipinski definition) is 4. The van der Waals surface area contributed by atoms with E-state index in [1.54, 1.807) is 65.6 Å². The SMILES string of the molecule is CC(C)=CCN(Cc1ccc(C(=O)N(Cc2ccc(F)cc2)Cc2cc(Cl)cc(Cl)c2)cc1)S(=O)(=O)c1cc(Cl)cc(Cl)c1O. The van der Waals surface area contributed by atoms with Crippen molar-refractivity contribution in [2.45, 2.75) is 38.4 Å². The van der Waals surface area contributed by atoms with Crippen LogP contribution in [0.3, 0.4) is 0 Å². The molecule has 1 amide bonds. The van der Waals surface area contributed by atoms with E-state index in [4.69, 9.17) is 46.4 Å². The van der Waals surface area contributed by atoms with Crippen molar-refractivity contribution in [2.75, 3.05) is 6.54 Å². The monoisotopic (exact) mass is 708 g/mol. The van der Waals surface area contributed by atoms with Crippen molar-refractivity contribution in [1.29, 1.82) is 0 Å². The summed E-state index contributed by atoms with van der Waals surface area (Å²) in [5, 5.41) is 11.2. The van der Waals surface area contributed by atoms with Gasteiger partial charge in [-0.3, -0.25) is 4.79 Å². The molecule has 0 bridgehead atoms. The Kier molecular flexibility index (Phi) is 11.6. The molecular formula is C33H29Cl4FN2O4S. The van der Waals surface area contributed by atoms with Gasteiger partial charge in [0.2, 0.25) is 10.0 Å². The lowest BCUT2D eigenvalue weighted by atomic mass is 10.1. The number of phenolic OH excluding ortho intramolecular Hbond substituents is 1. The zero-order valence-electron chi connectivity index (χ0n) is 24.3. The van der Waals surface area contributed by atoms with Gasteiger partial charge in [0.15, 0.2) is 5.75 Å². The second-order valence-electron chi connectivity index (χ2n) is 10.6. The van der Waals surface area contributed by atoms with Gasteiger partial charge in [-0.05, 0) is 85.1 Å². The van der Waals surface area contributed by atoms with E-state index >= 15 is 0 Å². The smallest absolute Gasteiger partial charge is 0.254 e. The van der Waals surface area contributed by atoms with E-state index in [1.807, 2.05) is 13.8 Å². The van der Waals surface area contributed by atoms with E-state index in [0.29, 0.717) is 26.7 Å². The van der Waals surface area contributed by atoms with Crippen molar-refractivity contribution in [1.82, 2.24) is 9.21 Å². The van der Waals surface area contributed by atoms with Crippen LogP contribution >= 0.6 is 46.4 Å². The molecule has 0 fully saturated rings. The van der Waals surface area contributed by atoms with Crippen LogP contribution in [0.15, 0.2) is 95.4 Å². The van der Waals surface area contributed by atoms with Crippen molar-refractivity contribution in [3.8, 4) is 5.75 Å². The lowest BCUT2D eigenvalue weighted by molar-refractivity contribution is 0.0730. The first-order valence-corrected chi connectivity index (χ1v) is 16.6. The molecule has 6 nitrogen and oxygen atoms in total. The summed E-state index contributed by atoms with van der Waals surface area (Å²) in [5.41, 5.74) is 3.28. The number of benzene rings is 4. The summed E-state index contributed by atoms with van der Waals surface area (Å²) >= 11 is 24.5. The summed E-state index contributed by atoms with van der Waals surface area (Å²) in [7, 11) is -4.24. The van der Waals surface area contributed by atoms with Gasteiger partial charge in [0.25, 0.3) is 5.91 Å². The molecule has 0 spiro atoms. The zero-order chi connectivity index (χ0) is 32.9. The number of nitrogens with zero attached hydrogens (tertiary/aromatic N) is 2. The maximum absolute atomic E-state index is 13.8. The van der Waals surface area contributed by atoms with Crippen molar-refractivity contribution in [3.63, 3.8) is 0 Å². The predicted octanol–water partition coefficient (Wildman–Crippen LogP) is 9.14. The molecule has 0 aliphatic carbocycles. The van der Waals surface area contributed by atoms with Gasteiger partial charge < -0.3 is 10.0 Å². The Labute approximate surface area is 282 Å². The molecule has 0 radical (unpaired) electrons. The molecule has 45 heavy (non-hydrogen) atoms. The van der Waals surface area contributed by atoms with Gasteiger partial charge in [-0.25, -0.2) is 12.8 Å². The molecule has 4 aromatic carbocycles. The largest absolute Gasteiger partial charge is 0.505 e. The lowest BCUT2D eigenvalue weighted by Crippen LogP contribution is -2.31. The molecule has 12 heteroatoms. The van der Waals surface area contributed by atoms with E-state index in [2.05, 4.69) is 0 Å². The summed E-state index contributed by atoms with van der Waals surface area (Å²) in [6.07, 6.45) is 1.74. The summed E-state index contributed by atoms with van der Waals surface area (Å²) in [6.45, 7) is 4.00. The quantitative estimate of drug-likeness (QED) is 0.158. The van der Waals surface area contributed by atoms with Gasteiger partial charge in [0.05, 0.1) is 5.02 Å². The van der Waals surface area contributed by atoms with Gasteiger partial charge in [-0.1, -0.05) is 82.3 Å². The van der Waals surface area contributed by atoms with Crippen LogP contribution in [0.1, 0.15) is 40.9 Å². The molecule has 0 aliphatic rings. The second-order valence-corrected chi connectivity index (χ2v) is 14.2. The van der Waals surface area contributed by atoms with E-state index in [1.165, 1.54) is 22.5 Å². The van der Waals surface area contributed by atoms with Crippen LogP contribution in [0.25, 0.3) is 0 Å². The maximum atomic E-state index is 13.8. The van der Waals surface area contributed by atoms with Crippen LogP contribution in [-0.2, 0) is 29.7 Å². The third-order valence-electron chi connectivity index (χ3n) is 6.74. The van der Waals surface area contributed by atoms with Gasteiger partial charge in [-0.2, -0.15) is 4.31 Å². The number of carbonyl (C=O) groups excluding carboxylic acids is 1. The van der Waals surface area contributed by atoms with Crippen molar-refractivity contribution in [3.05, 3.63) is 139 Å². The van der Waals surface area contributed by atoms with E-state index < -0.39 is 20.7 Å². The van der Waals surface area contributed by atoms with Crippen LogP contribution in [0.4, 0.5) is 4.39 Å². The Bertz CT molecular complexity index is 1810. The third kappa shape index (κ3) is 9.22. The third-order valence-corrected chi connectivity index (χ3v) is 9.51. The second kappa shape index (κ2) is 15.0.